The number of hydrogen-bond acceptors (Lipinski definition) is 10. The molecule has 0 aliphatic rings. The fourth-order valence-electron chi connectivity index (χ4n) is 2.18. The molecule has 0 heterocycles. The van der Waals surface area contributed by atoms with Gasteiger partial charge in [0.15, 0.2) is 10.7 Å². The van der Waals surface area contributed by atoms with Crippen molar-refractivity contribution in [2.45, 2.75) is 38.4 Å². The predicted molar refractivity (Wildman–Crippen MR) is 137 cm³/mol. The highest BCUT2D eigenvalue weighted by Gasteiger charge is 2.55. The van der Waals surface area contributed by atoms with Crippen LogP contribution in [0.4, 0.5) is 0 Å². The summed E-state index contributed by atoms with van der Waals surface area (Å²) in [5, 5.41) is -3.80. The van der Waals surface area contributed by atoms with Crippen LogP contribution in [0.1, 0.15) is 27.7 Å². The minimum atomic E-state index is -4.68. The van der Waals surface area contributed by atoms with E-state index in [9.17, 15) is 13.7 Å². The van der Waals surface area contributed by atoms with Crippen molar-refractivity contribution in [2.75, 3.05) is 62.4 Å². The Morgan fingerprint density at radius 1 is 0.500 bits per heavy atom. The van der Waals surface area contributed by atoms with Crippen molar-refractivity contribution in [1.82, 2.24) is 0 Å². The SMILES string of the molecule is CC(C)(OP(=O)(OCCCl)OC(C)(C)P(=O)(OCCCl)OCCCl)P(=O)(OCCCl)OCCCl. The Bertz CT molecular complexity index is 652. The van der Waals surface area contributed by atoms with Gasteiger partial charge in [0.1, 0.15) is 0 Å². The maximum atomic E-state index is 13.7. The summed E-state index contributed by atoms with van der Waals surface area (Å²) in [5.74, 6) is -0.120. The molecule has 0 fully saturated rings. The standard InChI is InChI=1S/C16H32Cl5O10P3/c1-15(2,32(22,25-10-5-17)26-11-6-18)30-34(24,29-14-9-21)31-16(3,4)33(23,27-12-7-19)28-13-8-20/h5-14H2,1-4H3. The van der Waals surface area contributed by atoms with E-state index >= 15 is 0 Å². The van der Waals surface area contributed by atoms with E-state index in [0.29, 0.717) is 0 Å². The van der Waals surface area contributed by atoms with E-state index in [2.05, 4.69) is 0 Å². The van der Waals surface area contributed by atoms with Crippen molar-refractivity contribution >= 4 is 81.0 Å². The highest BCUT2D eigenvalue weighted by atomic mass is 35.5. The third kappa shape index (κ3) is 11.3. The first kappa shape index (κ1) is 35.9. The van der Waals surface area contributed by atoms with Crippen LogP contribution in [0.25, 0.3) is 0 Å². The lowest BCUT2D eigenvalue weighted by molar-refractivity contribution is 0.0183. The average Bonchev–Trinajstić information content (AvgIpc) is 2.76. The van der Waals surface area contributed by atoms with E-state index in [1.807, 2.05) is 0 Å². The molecule has 0 unspecified atom stereocenters. The summed E-state index contributed by atoms with van der Waals surface area (Å²) in [5.41, 5.74) is 0. The third-order valence-corrected chi connectivity index (χ3v) is 11.5. The van der Waals surface area contributed by atoms with Gasteiger partial charge in [-0.2, -0.15) is 0 Å². The van der Waals surface area contributed by atoms with Crippen LogP contribution in [0, 0.1) is 0 Å². The molecule has 0 aliphatic heterocycles. The van der Waals surface area contributed by atoms with Crippen LogP contribution >= 0.6 is 81.0 Å². The highest BCUT2D eigenvalue weighted by Crippen LogP contribution is 2.71. The van der Waals surface area contributed by atoms with Crippen molar-refractivity contribution in [3.8, 4) is 0 Å². The van der Waals surface area contributed by atoms with Crippen LogP contribution in [0.15, 0.2) is 0 Å². The number of phosphoric ester groups is 1. The Kier molecular flexibility index (Phi) is 17.7. The second-order valence-corrected chi connectivity index (χ2v) is 15.7. The van der Waals surface area contributed by atoms with Crippen molar-refractivity contribution in [3.05, 3.63) is 0 Å². The van der Waals surface area contributed by atoms with E-state index in [-0.39, 0.29) is 62.4 Å². The quantitative estimate of drug-likeness (QED) is 0.0925. The Labute approximate surface area is 226 Å². The Morgan fingerprint density at radius 3 is 0.971 bits per heavy atom. The molecule has 0 bridgehead atoms. The first-order chi connectivity index (χ1) is 15.7. The summed E-state index contributed by atoms with van der Waals surface area (Å²) in [6.45, 7) is 4.20. The Balaban J connectivity index is 6.16. The van der Waals surface area contributed by atoms with Crippen LogP contribution in [0.2, 0.25) is 0 Å². The van der Waals surface area contributed by atoms with E-state index in [1.165, 1.54) is 27.7 Å². The number of phosphoric acid groups is 1. The molecule has 0 rings (SSSR count). The minimum Gasteiger partial charge on any atom is -0.305 e. The summed E-state index contributed by atoms with van der Waals surface area (Å²) in [7, 11) is -13.0. The van der Waals surface area contributed by atoms with Gasteiger partial charge in [0, 0.05) is 29.4 Å². The molecule has 10 nitrogen and oxygen atoms in total. The molecular formula is C16H32Cl5O10P3. The lowest BCUT2D eigenvalue weighted by atomic mass is 10.5. The lowest BCUT2D eigenvalue weighted by Crippen LogP contribution is -2.32. The summed E-state index contributed by atoms with van der Waals surface area (Å²) >= 11 is 28.3. The van der Waals surface area contributed by atoms with Gasteiger partial charge in [-0.15, -0.1) is 58.0 Å². The van der Waals surface area contributed by atoms with Crippen LogP contribution < -0.4 is 0 Å². The minimum absolute atomic E-state index is 0.00670. The molecule has 0 saturated heterocycles. The molecule has 34 heavy (non-hydrogen) atoms. The van der Waals surface area contributed by atoms with Gasteiger partial charge in [0.25, 0.3) is 0 Å². The molecule has 0 aromatic rings. The first-order valence-corrected chi connectivity index (χ1v) is 17.2. The maximum Gasteiger partial charge on any atom is 0.477 e. The molecule has 0 aliphatic carbocycles. The zero-order chi connectivity index (χ0) is 26.5. The molecule has 0 radical (unpaired) electrons. The molecule has 0 spiro atoms. The monoisotopic (exact) mass is 652 g/mol. The number of rotatable bonds is 21. The maximum absolute atomic E-state index is 13.7. The third-order valence-electron chi connectivity index (χ3n) is 3.67. The Morgan fingerprint density at radius 2 is 0.735 bits per heavy atom. The van der Waals surface area contributed by atoms with Crippen molar-refractivity contribution in [3.63, 3.8) is 0 Å². The molecule has 0 amide bonds. The number of halogens is 5. The van der Waals surface area contributed by atoms with Gasteiger partial charge in [0.05, 0.1) is 33.0 Å². The van der Waals surface area contributed by atoms with E-state index in [4.69, 9.17) is 89.7 Å². The van der Waals surface area contributed by atoms with E-state index in [1.54, 1.807) is 0 Å². The molecule has 0 aromatic carbocycles. The second-order valence-electron chi connectivity index (χ2n) is 7.13. The van der Waals surface area contributed by atoms with Crippen molar-refractivity contribution in [2.24, 2.45) is 0 Å². The highest BCUT2D eigenvalue weighted by molar-refractivity contribution is 7.58. The van der Waals surface area contributed by atoms with E-state index in [0.717, 1.165) is 0 Å². The zero-order valence-electron chi connectivity index (χ0n) is 19.4. The summed E-state index contributed by atoms with van der Waals surface area (Å²) in [6.07, 6.45) is 0. The summed E-state index contributed by atoms with van der Waals surface area (Å²) in [4.78, 5) is 0. The fraction of sp³-hybridized carbons (Fsp3) is 1.00. The normalized spacial score (nSPS) is 14.0. The number of hydrogen-bond donors (Lipinski definition) is 0. The first-order valence-electron chi connectivity index (χ1n) is 9.96. The van der Waals surface area contributed by atoms with Crippen LogP contribution in [0.3, 0.4) is 0 Å². The van der Waals surface area contributed by atoms with E-state index < -0.39 is 33.7 Å². The van der Waals surface area contributed by atoms with Gasteiger partial charge in [-0.05, 0) is 27.7 Å². The molecular weight excluding hydrogens is 622 g/mol. The van der Waals surface area contributed by atoms with Gasteiger partial charge in [0.2, 0.25) is 0 Å². The molecule has 0 N–H and O–H groups in total. The molecule has 0 saturated carbocycles. The summed E-state index contributed by atoms with van der Waals surface area (Å²) in [6, 6.07) is 0. The molecule has 0 atom stereocenters. The van der Waals surface area contributed by atoms with Gasteiger partial charge < -0.3 is 18.1 Å². The van der Waals surface area contributed by atoms with Gasteiger partial charge in [-0.3, -0.25) is 22.7 Å². The Hall–Kier alpha value is 1.86. The largest absolute Gasteiger partial charge is 0.477 e. The van der Waals surface area contributed by atoms with Crippen LogP contribution in [-0.2, 0) is 45.4 Å². The van der Waals surface area contributed by atoms with Gasteiger partial charge in [-0.1, -0.05) is 0 Å². The van der Waals surface area contributed by atoms with Gasteiger partial charge in [-0.25, -0.2) is 4.57 Å². The summed E-state index contributed by atoms with van der Waals surface area (Å²) < 4.78 is 78.4. The molecule has 18 heteroatoms. The van der Waals surface area contributed by atoms with Crippen LogP contribution in [0.5, 0.6) is 0 Å². The predicted octanol–water partition coefficient (Wildman–Crippen LogP) is 7.26. The van der Waals surface area contributed by atoms with Gasteiger partial charge >= 0.3 is 23.0 Å². The molecule has 206 valence electrons. The van der Waals surface area contributed by atoms with Crippen molar-refractivity contribution < 1.29 is 45.4 Å². The number of alkyl halides is 5. The zero-order valence-corrected chi connectivity index (χ0v) is 25.8. The van der Waals surface area contributed by atoms with Crippen molar-refractivity contribution in [1.29, 1.82) is 0 Å². The topological polar surface area (TPSA) is 116 Å². The smallest absolute Gasteiger partial charge is 0.305 e. The fourth-order valence-corrected chi connectivity index (χ4v) is 8.77. The average molecular weight is 655 g/mol. The van der Waals surface area contributed by atoms with Crippen LogP contribution in [-0.4, -0.2) is 73.1 Å². The second kappa shape index (κ2) is 16.7. The lowest BCUT2D eigenvalue weighted by Gasteiger charge is -2.38. The molecule has 0 aromatic heterocycles.